The van der Waals surface area contributed by atoms with Gasteiger partial charge in [-0.05, 0) is 41.5 Å². The lowest BCUT2D eigenvalue weighted by molar-refractivity contribution is 0.415. The van der Waals surface area contributed by atoms with E-state index in [1.807, 2.05) is 23.5 Å². The van der Waals surface area contributed by atoms with Crippen LogP contribution in [0.25, 0.3) is 53.2 Å². The summed E-state index contributed by atoms with van der Waals surface area (Å²) >= 11 is 1.87. The number of rotatable bonds is 1. The topological polar surface area (TPSA) is 22.4 Å². The summed E-state index contributed by atoms with van der Waals surface area (Å²) in [4.78, 5) is 0. The van der Waals surface area contributed by atoms with Gasteiger partial charge < -0.3 is 9.15 Å². The molecule has 0 saturated carbocycles. The van der Waals surface area contributed by atoms with E-state index >= 15 is 0 Å². The van der Waals surface area contributed by atoms with Gasteiger partial charge in [-0.25, -0.2) is 0 Å². The predicted octanol–water partition coefficient (Wildman–Crippen LogP) is 10.1. The maximum Gasteiger partial charge on any atom is 0.178 e. The van der Waals surface area contributed by atoms with Gasteiger partial charge in [0, 0.05) is 47.5 Å². The van der Waals surface area contributed by atoms with Crippen LogP contribution in [0.2, 0.25) is 0 Å². The summed E-state index contributed by atoms with van der Waals surface area (Å²) in [5, 5.41) is 4.86. The van der Waals surface area contributed by atoms with Gasteiger partial charge in [-0.1, -0.05) is 80.6 Å². The molecule has 0 N–H and O–H groups in total. The van der Waals surface area contributed by atoms with Crippen LogP contribution in [0.4, 0.5) is 0 Å². The van der Waals surface area contributed by atoms with Crippen molar-refractivity contribution >= 4 is 53.4 Å². The maximum atomic E-state index is 6.59. The second-order valence-corrected chi connectivity index (χ2v) is 11.2. The smallest absolute Gasteiger partial charge is 0.178 e. The molecule has 0 amide bonds. The minimum Gasteiger partial charge on any atom is -0.453 e. The molecule has 0 spiro atoms. The lowest BCUT2D eigenvalue weighted by Crippen LogP contribution is -2.24. The van der Waals surface area contributed by atoms with Gasteiger partial charge in [-0.3, -0.25) is 0 Å². The van der Waals surface area contributed by atoms with Gasteiger partial charge in [0.15, 0.2) is 11.3 Å². The second-order valence-electron chi connectivity index (χ2n) is 10.1. The van der Waals surface area contributed by atoms with Gasteiger partial charge in [0.25, 0.3) is 0 Å². The Morgan fingerprint density at radius 3 is 2.39 bits per heavy atom. The van der Waals surface area contributed by atoms with Gasteiger partial charge in [-0.15, -0.1) is 11.3 Å². The number of hydrogen-bond acceptors (Lipinski definition) is 3. The van der Waals surface area contributed by atoms with Crippen LogP contribution in [0.5, 0.6) is 11.5 Å². The van der Waals surface area contributed by atoms with E-state index in [-0.39, 0.29) is 5.41 Å². The molecular formula is C33H22O2S. The zero-order valence-corrected chi connectivity index (χ0v) is 20.8. The molecular weight excluding hydrogens is 460 g/mol. The van der Waals surface area contributed by atoms with E-state index in [2.05, 4.69) is 98.8 Å². The molecule has 0 atom stereocenters. The van der Waals surface area contributed by atoms with Crippen molar-refractivity contribution in [2.45, 2.75) is 19.3 Å². The lowest BCUT2D eigenvalue weighted by atomic mass is 9.75. The second kappa shape index (κ2) is 6.99. The number of thiophene rings is 1. The molecule has 0 bridgehead atoms. The van der Waals surface area contributed by atoms with E-state index in [4.69, 9.17) is 9.15 Å². The Morgan fingerprint density at radius 1 is 0.667 bits per heavy atom. The first kappa shape index (κ1) is 20.1. The monoisotopic (exact) mass is 482 g/mol. The molecule has 8 rings (SSSR count). The quantitative estimate of drug-likeness (QED) is 0.232. The number of hydrogen-bond donors (Lipinski definition) is 0. The first-order valence-electron chi connectivity index (χ1n) is 12.3. The molecule has 0 aliphatic carbocycles. The Bertz CT molecular complexity index is 2000. The van der Waals surface area contributed by atoms with Gasteiger partial charge in [0.05, 0.1) is 0 Å². The highest BCUT2D eigenvalue weighted by Crippen LogP contribution is 2.52. The van der Waals surface area contributed by atoms with E-state index in [1.165, 1.54) is 36.9 Å². The molecule has 2 nitrogen and oxygen atoms in total. The van der Waals surface area contributed by atoms with Gasteiger partial charge >= 0.3 is 0 Å². The molecule has 0 radical (unpaired) electrons. The molecule has 36 heavy (non-hydrogen) atoms. The number of para-hydroxylation sites is 1. The number of benzene rings is 5. The fourth-order valence-corrected chi connectivity index (χ4v) is 7.10. The van der Waals surface area contributed by atoms with Crippen LogP contribution in [0.3, 0.4) is 0 Å². The third kappa shape index (κ3) is 2.61. The summed E-state index contributed by atoms with van der Waals surface area (Å²) in [5.41, 5.74) is 6.31. The highest BCUT2D eigenvalue weighted by Gasteiger charge is 2.36. The van der Waals surface area contributed by atoms with Crippen LogP contribution in [0.15, 0.2) is 101 Å². The number of fused-ring (bicyclic) bond motifs is 9. The molecule has 3 heteroatoms. The molecule has 0 fully saturated rings. The Hall–Kier alpha value is -4.08. The van der Waals surface area contributed by atoms with Crippen LogP contribution in [-0.2, 0) is 5.41 Å². The fraction of sp³-hybridized carbons (Fsp3) is 0.0909. The molecule has 5 aromatic carbocycles. The first-order chi connectivity index (χ1) is 17.6. The maximum absolute atomic E-state index is 6.59. The Kier molecular flexibility index (Phi) is 3.91. The minimum atomic E-state index is -0.236. The molecule has 2 aromatic heterocycles. The summed E-state index contributed by atoms with van der Waals surface area (Å²) in [6.45, 7) is 4.57. The molecule has 0 saturated heterocycles. The number of furan rings is 1. The normalized spacial score (nSPS) is 14.3. The standard InChI is InChI=1S/C33H22O2S/c1-33(2)25-16-15-23-21-8-3-5-12-27(21)34-30(23)31(25)35-28-17-14-19(18-26(28)33)20-10-7-11-24-22-9-4-6-13-29(22)36-32(20)24/h3-18H,1-2H3. The van der Waals surface area contributed by atoms with Crippen LogP contribution in [-0.4, -0.2) is 0 Å². The van der Waals surface area contributed by atoms with Crippen LogP contribution in [0.1, 0.15) is 25.0 Å². The Morgan fingerprint density at radius 2 is 1.47 bits per heavy atom. The lowest BCUT2D eigenvalue weighted by Gasteiger charge is -2.34. The van der Waals surface area contributed by atoms with Crippen LogP contribution in [0, 0.1) is 0 Å². The third-order valence-corrected chi connectivity index (χ3v) is 8.97. The highest BCUT2D eigenvalue weighted by atomic mass is 32.1. The van der Waals surface area contributed by atoms with E-state index < -0.39 is 0 Å². The SMILES string of the molecule is CC1(C)c2cc(-c3cccc4c3sc3ccccc34)ccc2Oc2c1ccc1c2oc2ccccc21. The summed E-state index contributed by atoms with van der Waals surface area (Å²) in [6, 6.07) is 34.5. The van der Waals surface area contributed by atoms with E-state index in [0.29, 0.717) is 0 Å². The largest absolute Gasteiger partial charge is 0.453 e. The van der Waals surface area contributed by atoms with Crippen molar-refractivity contribution in [3.8, 4) is 22.6 Å². The molecule has 0 unspecified atom stereocenters. The fourth-order valence-electron chi connectivity index (χ4n) is 5.86. The summed E-state index contributed by atoms with van der Waals surface area (Å²) in [5.74, 6) is 1.73. The van der Waals surface area contributed by atoms with E-state index in [1.54, 1.807) is 0 Å². The zero-order valence-electron chi connectivity index (χ0n) is 20.0. The molecule has 7 aromatic rings. The molecule has 3 heterocycles. The van der Waals surface area contributed by atoms with E-state index in [0.717, 1.165) is 39.0 Å². The molecule has 1 aliphatic heterocycles. The third-order valence-electron chi connectivity index (χ3n) is 7.75. The van der Waals surface area contributed by atoms with Crippen molar-refractivity contribution in [1.29, 1.82) is 0 Å². The first-order valence-corrected chi connectivity index (χ1v) is 13.1. The van der Waals surface area contributed by atoms with Gasteiger partial charge in [0.1, 0.15) is 11.3 Å². The van der Waals surface area contributed by atoms with Crippen molar-refractivity contribution in [2.24, 2.45) is 0 Å². The Balaban J connectivity index is 1.33. The van der Waals surface area contributed by atoms with Crippen LogP contribution >= 0.6 is 11.3 Å². The average molecular weight is 483 g/mol. The van der Waals surface area contributed by atoms with Crippen molar-refractivity contribution in [3.05, 3.63) is 108 Å². The predicted molar refractivity (Wildman–Crippen MR) is 151 cm³/mol. The van der Waals surface area contributed by atoms with Gasteiger partial charge in [-0.2, -0.15) is 0 Å². The van der Waals surface area contributed by atoms with Crippen LogP contribution < -0.4 is 4.74 Å². The number of ether oxygens (including phenoxy) is 1. The average Bonchev–Trinajstić information content (AvgIpc) is 3.47. The van der Waals surface area contributed by atoms with Gasteiger partial charge in [0.2, 0.25) is 0 Å². The summed E-state index contributed by atoms with van der Waals surface area (Å²) < 4.78 is 15.6. The van der Waals surface area contributed by atoms with Crippen molar-refractivity contribution in [3.63, 3.8) is 0 Å². The summed E-state index contributed by atoms with van der Waals surface area (Å²) in [7, 11) is 0. The molecule has 172 valence electrons. The molecule has 1 aliphatic rings. The summed E-state index contributed by atoms with van der Waals surface area (Å²) in [6.07, 6.45) is 0. The van der Waals surface area contributed by atoms with Crippen molar-refractivity contribution < 1.29 is 9.15 Å². The zero-order chi connectivity index (χ0) is 24.0. The highest BCUT2D eigenvalue weighted by molar-refractivity contribution is 7.26. The van der Waals surface area contributed by atoms with E-state index in [9.17, 15) is 0 Å². The van der Waals surface area contributed by atoms with Crippen molar-refractivity contribution in [1.82, 2.24) is 0 Å². The van der Waals surface area contributed by atoms with Crippen molar-refractivity contribution in [2.75, 3.05) is 0 Å². The minimum absolute atomic E-state index is 0.236. The Labute approximate surface area is 212 Å².